The van der Waals surface area contributed by atoms with Crippen molar-refractivity contribution in [2.45, 2.75) is 37.9 Å². The molecule has 6 heteroatoms. The Kier molecular flexibility index (Phi) is 3.90. The fraction of sp³-hybridized carbons (Fsp3) is 0.462. The molecule has 1 atom stereocenters. The molecule has 19 heavy (non-hydrogen) atoms. The highest BCUT2D eigenvalue weighted by Gasteiger charge is 2.35. The molecule has 102 valence electrons. The fourth-order valence-electron chi connectivity index (χ4n) is 2.31. The fourth-order valence-corrected chi connectivity index (χ4v) is 2.31. The number of para-hydroxylation sites is 1. The Morgan fingerprint density at radius 2 is 1.95 bits per heavy atom. The molecule has 1 saturated carbocycles. The molecule has 0 radical (unpaired) electrons. The van der Waals surface area contributed by atoms with Gasteiger partial charge in [-0.2, -0.15) is 18.0 Å². The van der Waals surface area contributed by atoms with E-state index in [0.717, 1.165) is 18.9 Å². The molecular weight excluding hydrogens is 255 g/mol. The quantitative estimate of drug-likeness (QED) is 0.645. The monoisotopic (exact) mass is 269 g/mol. The van der Waals surface area contributed by atoms with Gasteiger partial charge in [0, 0.05) is 12.1 Å². The van der Waals surface area contributed by atoms with E-state index in [9.17, 15) is 13.2 Å². The third-order valence-corrected chi connectivity index (χ3v) is 3.27. The highest BCUT2D eigenvalue weighted by Crippen LogP contribution is 2.35. The van der Waals surface area contributed by atoms with Gasteiger partial charge < -0.3 is 10.8 Å². The largest absolute Gasteiger partial charge is 0.418 e. The van der Waals surface area contributed by atoms with Gasteiger partial charge in [-0.1, -0.05) is 18.6 Å². The first-order valence-corrected chi connectivity index (χ1v) is 6.16. The molecule has 1 aliphatic rings. The van der Waals surface area contributed by atoms with Gasteiger partial charge in [-0.05, 0) is 25.0 Å². The van der Waals surface area contributed by atoms with Crippen molar-refractivity contribution < 1.29 is 18.0 Å². The van der Waals surface area contributed by atoms with Crippen molar-refractivity contribution in [3.8, 4) is 0 Å². The first kappa shape index (κ1) is 13.6. The normalized spacial score (nSPS) is 19.9. The Labute approximate surface area is 109 Å². The Balaban J connectivity index is 2.26. The number of rotatable bonds is 2. The molecular formula is C13H14F3N3. The number of anilines is 1. The molecule has 1 aromatic carbocycles. The maximum absolute atomic E-state index is 12.9. The third-order valence-electron chi connectivity index (χ3n) is 3.27. The van der Waals surface area contributed by atoms with Gasteiger partial charge >= 0.3 is 6.18 Å². The lowest BCUT2D eigenvalue weighted by atomic mass is 9.93. The summed E-state index contributed by atoms with van der Waals surface area (Å²) in [5.41, 5.74) is 8.75. The number of nitrogens with one attached hydrogen (secondary N) is 1. The van der Waals surface area contributed by atoms with E-state index < -0.39 is 11.7 Å². The number of hydrogen-bond donors (Lipinski definition) is 1. The second-order valence-corrected chi connectivity index (χ2v) is 4.58. The van der Waals surface area contributed by atoms with Crippen LogP contribution in [-0.2, 0) is 6.18 Å². The minimum absolute atomic E-state index is 0.0306. The Bertz CT molecular complexity index is 504. The molecule has 0 bridgehead atoms. The molecule has 0 aliphatic heterocycles. The van der Waals surface area contributed by atoms with Crippen LogP contribution in [-0.4, -0.2) is 16.5 Å². The van der Waals surface area contributed by atoms with Crippen molar-refractivity contribution in [3.05, 3.63) is 35.4 Å². The molecule has 1 unspecified atom stereocenters. The smallest absolute Gasteiger partial charge is 0.372 e. The van der Waals surface area contributed by atoms with Crippen molar-refractivity contribution in [3.63, 3.8) is 0 Å². The maximum Gasteiger partial charge on any atom is 0.418 e. The van der Waals surface area contributed by atoms with Crippen molar-refractivity contribution in [2.75, 3.05) is 5.32 Å². The van der Waals surface area contributed by atoms with Gasteiger partial charge in [-0.3, -0.25) is 0 Å². The predicted molar refractivity (Wildman–Crippen MR) is 65.9 cm³/mol. The molecule has 1 aliphatic carbocycles. The molecule has 0 amide bonds. The number of nitrogens with zero attached hydrogens (tertiary/aromatic N) is 2. The van der Waals surface area contributed by atoms with Crippen molar-refractivity contribution in [2.24, 2.45) is 0 Å². The summed E-state index contributed by atoms with van der Waals surface area (Å²) in [6.45, 7) is 0. The summed E-state index contributed by atoms with van der Waals surface area (Å²) in [4.78, 5) is 3.19. The van der Waals surface area contributed by atoms with Crippen LogP contribution < -0.4 is 5.32 Å². The molecule has 1 aromatic rings. The van der Waals surface area contributed by atoms with Gasteiger partial charge in [0.25, 0.3) is 5.71 Å². The van der Waals surface area contributed by atoms with Crippen LogP contribution in [0.15, 0.2) is 24.3 Å². The first-order valence-electron chi connectivity index (χ1n) is 6.16. The zero-order chi connectivity index (χ0) is 13.9. The standard InChI is InChI=1S/C13H14F3N3/c14-13(15,16)9-5-1-2-6-10(9)18-11-7-3-4-8-12(11)19-17/h1-2,5-6,11,18H,3-4,7-8H2. The molecule has 1 N–H and O–H groups in total. The third kappa shape index (κ3) is 3.15. The molecule has 0 heterocycles. The van der Waals surface area contributed by atoms with Gasteiger partial charge in [0.05, 0.1) is 5.56 Å². The van der Waals surface area contributed by atoms with Crippen LogP contribution in [0.2, 0.25) is 0 Å². The molecule has 3 nitrogen and oxygen atoms in total. The van der Waals surface area contributed by atoms with Gasteiger partial charge in [-0.25, -0.2) is 0 Å². The average Bonchev–Trinajstić information content (AvgIpc) is 2.39. The lowest BCUT2D eigenvalue weighted by molar-refractivity contribution is -0.137. The van der Waals surface area contributed by atoms with Crippen molar-refractivity contribution in [1.82, 2.24) is 0 Å². The van der Waals surface area contributed by atoms with E-state index >= 15 is 0 Å². The minimum atomic E-state index is -4.39. The van der Waals surface area contributed by atoms with E-state index in [1.807, 2.05) is 0 Å². The summed E-state index contributed by atoms with van der Waals surface area (Å²) in [5.74, 6) is 0. The molecule has 0 aromatic heterocycles. The van der Waals surface area contributed by atoms with Gasteiger partial charge in [0.2, 0.25) is 0 Å². The van der Waals surface area contributed by atoms with Crippen LogP contribution in [0, 0.1) is 0 Å². The predicted octanol–water partition coefficient (Wildman–Crippen LogP) is 3.73. The number of hydrogen-bond acceptors (Lipinski definition) is 1. The van der Waals surface area contributed by atoms with Gasteiger partial charge in [0.1, 0.15) is 6.04 Å². The Morgan fingerprint density at radius 3 is 2.63 bits per heavy atom. The molecule has 1 fully saturated rings. The Hall–Kier alpha value is -1.81. The topological polar surface area (TPSA) is 48.4 Å². The van der Waals surface area contributed by atoms with Crippen LogP contribution in [0.3, 0.4) is 0 Å². The van der Waals surface area contributed by atoms with Crippen molar-refractivity contribution in [1.29, 1.82) is 0 Å². The second-order valence-electron chi connectivity index (χ2n) is 4.58. The van der Waals surface area contributed by atoms with E-state index in [1.165, 1.54) is 12.1 Å². The van der Waals surface area contributed by atoms with E-state index in [-0.39, 0.29) is 11.7 Å². The Morgan fingerprint density at radius 1 is 1.21 bits per heavy atom. The second kappa shape index (κ2) is 5.45. The van der Waals surface area contributed by atoms with E-state index in [2.05, 4.69) is 10.1 Å². The zero-order valence-corrected chi connectivity index (χ0v) is 10.2. The molecule has 2 rings (SSSR count). The molecule has 0 spiro atoms. The van der Waals surface area contributed by atoms with Gasteiger partial charge in [-0.15, -0.1) is 0 Å². The van der Waals surface area contributed by atoms with Crippen molar-refractivity contribution >= 4 is 11.4 Å². The van der Waals surface area contributed by atoms with Crippen LogP contribution >= 0.6 is 0 Å². The zero-order valence-electron chi connectivity index (χ0n) is 10.2. The van der Waals surface area contributed by atoms with Gasteiger partial charge in [0.15, 0.2) is 0 Å². The SMILES string of the molecule is [N-]=[N+]=C1CCCCC1Nc1ccccc1C(F)(F)F. The summed E-state index contributed by atoms with van der Waals surface area (Å²) in [7, 11) is 0. The summed E-state index contributed by atoms with van der Waals surface area (Å²) >= 11 is 0. The van der Waals surface area contributed by atoms with Crippen LogP contribution in [0.4, 0.5) is 18.9 Å². The maximum atomic E-state index is 12.9. The van der Waals surface area contributed by atoms with Crippen LogP contribution in [0.5, 0.6) is 0 Å². The highest BCUT2D eigenvalue weighted by atomic mass is 19.4. The highest BCUT2D eigenvalue weighted by molar-refractivity contribution is 5.88. The number of benzene rings is 1. The average molecular weight is 269 g/mol. The lowest BCUT2D eigenvalue weighted by Crippen LogP contribution is -2.34. The van der Waals surface area contributed by atoms with E-state index in [4.69, 9.17) is 5.53 Å². The van der Waals surface area contributed by atoms with E-state index in [1.54, 1.807) is 6.07 Å². The summed E-state index contributed by atoms with van der Waals surface area (Å²) < 4.78 is 38.6. The molecule has 0 saturated heterocycles. The number of halogens is 3. The minimum Gasteiger partial charge on any atom is -0.372 e. The van der Waals surface area contributed by atoms with Crippen LogP contribution in [0.25, 0.3) is 5.53 Å². The summed E-state index contributed by atoms with van der Waals surface area (Å²) in [5, 5.41) is 2.85. The number of alkyl halides is 3. The first-order chi connectivity index (χ1) is 9.02. The summed E-state index contributed by atoms with van der Waals surface area (Å²) in [6.07, 6.45) is -1.30. The van der Waals surface area contributed by atoms with E-state index in [0.29, 0.717) is 18.6 Å². The lowest BCUT2D eigenvalue weighted by Gasteiger charge is -2.22. The summed E-state index contributed by atoms with van der Waals surface area (Å²) in [6, 6.07) is 5.02. The van der Waals surface area contributed by atoms with Crippen LogP contribution in [0.1, 0.15) is 31.2 Å².